The van der Waals surface area contributed by atoms with Crippen molar-refractivity contribution in [2.24, 2.45) is 5.73 Å². The fourth-order valence-corrected chi connectivity index (χ4v) is 2.50. The highest BCUT2D eigenvalue weighted by atomic mass is 16.8. The standard InChI is InChI=1S/C12H19NO4/c1-3-12(4-2)16-9-6-7(11(14)15)5-8(13)10(9)17-12/h6,8-10H,3-5,13H2,1-2H3,(H,14,15)/t8-,9-,10+/m1/s1. The molecule has 1 aliphatic carbocycles. The summed E-state index contributed by atoms with van der Waals surface area (Å²) in [6.07, 6.45) is 2.90. The van der Waals surface area contributed by atoms with Crippen LogP contribution in [-0.4, -0.2) is 35.1 Å². The van der Waals surface area contributed by atoms with E-state index in [1.807, 2.05) is 13.8 Å². The molecular formula is C12H19NO4. The van der Waals surface area contributed by atoms with Crippen LogP contribution < -0.4 is 5.73 Å². The normalized spacial score (nSPS) is 35.2. The number of nitrogens with two attached hydrogens (primary N) is 1. The fourth-order valence-electron chi connectivity index (χ4n) is 2.50. The molecule has 5 heteroatoms. The molecule has 0 aromatic rings. The highest BCUT2D eigenvalue weighted by molar-refractivity contribution is 5.87. The maximum atomic E-state index is 11.0. The Labute approximate surface area is 101 Å². The van der Waals surface area contributed by atoms with Gasteiger partial charge in [-0.05, 0) is 25.3 Å². The lowest BCUT2D eigenvalue weighted by molar-refractivity contribution is -0.177. The van der Waals surface area contributed by atoms with E-state index >= 15 is 0 Å². The molecular weight excluding hydrogens is 222 g/mol. The molecule has 0 radical (unpaired) electrons. The first kappa shape index (κ1) is 12.5. The molecule has 0 saturated carbocycles. The summed E-state index contributed by atoms with van der Waals surface area (Å²) in [5.41, 5.74) is 6.29. The number of carboxylic acids is 1. The van der Waals surface area contributed by atoms with Gasteiger partial charge in [0.1, 0.15) is 12.2 Å². The van der Waals surface area contributed by atoms with E-state index in [0.29, 0.717) is 12.0 Å². The Morgan fingerprint density at radius 3 is 2.71 bits per heavy atom. The third-order valence-corrected chi connectivity index (χ3v) is 3.62. The number of ether oxygens (including phenoxy) is 2. The number of aliphatic carboxylic acids is 1. The van der Waals surface area contributed by atoms with Crippen LogP contribution in [0.1, 0.15) is 33.1 Å². The lowest BCUT2D eigenvalue weighted by Crippen LogP contribution is -2.44. The summed E-state index contributed by atoms with van der Waals surface area (Å²) in [6.45, 7) is 3.99. The van der Waals surface area contributed by atoms with E-state index in [4.69, 9.17) is 20.3 Å². The van der Waals surface area contributed by atoms with Crippen molar-refractivity contribution in [2.75, 3.05) is 0 Å². The van der Waals surface area contributed by atoms with E-state index in [9.17, 15) is 4.79 Å². The van der Waals surface area contributed by atoms with Gasteiger partial charge >= 0.3 is 5.97 Å². The van der Waals surface area contributed by atoms with E-state index in [2.05, 4.69) is 0 Å². The number of carbonyl (C=O) groups is 1. The zero-order chi connectivity index (χ0) is 12.6. The van der Waals surface area contributed by atoms with Crippen molar-refractivity contribution in [3.05, 3.63) is 11.6 Å². The topological polar surface area (TPSA) is 81.8 Å². The van der Waals surface area contributed by atoms with Crippen LogP contribution >= 0.6 is 0 Å². The number of fused-ring (bicyclic) bond motifs is 1. The van der Waals surface area contributed by atoms with Crippen LogP contribution in [0.3, 0.4) is 0 Å². The molecule has 0 amide bonds. The molecule has 2 aliphatic rings. The van der Waals surface area contributed by atoms with Gasteiger partial charge in [-0.2, -0.15) is 0 Å². The van der Waals surface area contributed by atoms with Crippen LogP contribution in [0.2, 0.25) is 0 Å². The minimum Gasteiger partial charge on any atom is -0.478 e. The Bertz CT molecular complexity index is 348. The van der Waals surface area contributed by atoms with Gasteiger partial charge in [0, 0.05) is 11.6 Å². The molecule has 0 aromatic heterocycles. The van der Waals surface area contributed by atoms with Gasteiger partial charge < -0.3 is 20.3 Å². The Morgan fingerprint density at radius 1 is 1.53 bits per heavy atom. The molecule has 0 bridgehead atoms. The Balaban J connectivity index is 2.23. The number of rotatable bonds is 3. The maximum Gasteiger partial charge on any atom is 0.331 e. The average Bonchev–Trinajstić information content (AvgIpc) is 2.69. The van der Waals surface area contributed by atoms with Gasteiger partial charge in [0.2, 0.25) is 0 Å². The van der Waals surface area contributed by atoms with Crippen molar-refractivity contribution in [3.63, 3.8) is 0 Å². The number of hydrogen-bond acceptors (Lipinski definition) is 4. The van der Waals surface area contributed by atoms with E-state index in [0.717, 1.165) is 12.8 Å². The van der Waals surface area contributed by atoms with Crippen molar-refractivity contribution in [2.45, 2.75) is 57.1 Å². The second-order valence-electron chi connectivity index (χ2n) is 4.65. The number of hydrogen-bond donors (Lipinski definition) is 2. The Morgan fingerprint density at radius 2 is 2.18 bits per heavy atom. The highest BCUT2D eigenvalue weighted by Gasteiger charge is 2.49. The van der Waals surface area contributed by atoms with Gasteiger partial charge in [-0.25, -0.2) is 4.79 Å². The monoisotopic (exact) mass is 241 g/mol. The van der Waals surface area contributed by atoms with E-state index in [1.165, 1.54) is 0 Å². The van der Waals surface area contributed by atoms with Crippen molar-refractivity contribution in [1.82, 2.24) is 0 Å². The van der Waals surface area contributed by atoms with Crippen LogP contribution in [0.15, 0.2) is 11.6 Å². The lowest BCUT2D eigenvalue weighted by Gasteiger charge is -2.27. The van der Waals surface area contributed by atoms with Crippen molar-refractivity contribution >= 4 is 5.97 Å². The molecule has 0 spiro atoms. The molecule has 0 aromatic carbocycles. The summed E-state index contributed by atoms with van der Waals surface area (Å²) < 4.78 is 11.8. The van der Waals surface area contributed by atoms with E-state index < -0.39 is 11.8 Å². The third kappa shape index (κ3) is 2.10. The maximum absolute atomic E-state index is 11.0. The van der Waals surface area contributed by atoms with Crippen molar-refractivity contribution in [3.8, 4) is 0 Å². The van der Waals surface area contributed by atoms with Gasteiger partial charge in [-0.15, -0.1) is 0 Å². The highest BCUT2D eigenvalue weighted by Crippen LogP contribution is 2.39. The predicted molar refractivity (Wildman–Crippen MR) is 61.4 cm³/mol. The number of carboxylic acid groups (broad SMARTS) is 1. The minimum absolute atomic E-state index is 0.224. The minimum atomic E-state index is -0.923. The first-order chi connectivity index (χ1) is 8.01. The Kier molecular flexibility index (Phi) is 3.25. The first-order valence-electron chi connectivity index (χ1n) is 6.06. The fraction of sp³-hybridized carbons (Fsp3) is 0.750. The zero-order valence-electron chi connectivity index (χ0n) is 10.2. The van der Waals surface area contributed by atoms with Gasteiger partial charge in [-0.1, -0.05) is 13.8 Å². The summed E-state index contributed by atoms with van der Waals surface area (Å²) in [5, 5.41) is 9.00. The van der Waals surface area contributed by atoms with Crippen molar-refractivity contribution in [1.29, 1.82) is 0 Å². The first-order valence-corrected chi connectivity index (χ1v) is 6.06. The molecule has 17 heavy (non-hydrogen) atoms. The molecule has 2 rings (SSSR count). The van der Waals surface area contributed by atoms with Gasteiger partial charge in [0.05, 0.1) is 0 Å². The smallest absolute Gasteiger partial charge is 0.331 e. The Hall–Kier alpha value is -0.910. The van der Waals surface area contributed by atoms with Crippen LogP contribution in [-0.2, 0) is 14.3 Å². The quantitative estimate of drug-likeness (QED) is 0.771. The molecule has 96 valence electrons. The molecule has 5 nitrogen and oxygen atoms in total. The molecule has 0 unspecified atom stereocenters. The van der Waals surface area contributed by atoms with Crippen LogP contribution in [0.25, 0.3) is 0 Å². The molecule has 1 aliphatic heterocycles. The van der Waals surface area contributed by atoms with Crippen molar-refractivity contribution < 1.29 is 19.4 Å². The third-order valence-electron chi connectivity index (χ3n) is 3.62. The molecule has 3 atom stereocenters. The second-order valence-corrected chi connectivity index (χ2v) is 4.65. The van der Waals surface area contributed by atoms with Gasteiger partial charge in [-0.3, -0.25) is 0 Å². The average molecular weight is 241 g/mol. The van der Waals surface area contributed by atoms with Crippen LogP contribution in [0.4, 0.5) is 0 Å². The lowest BCUT2D eigenvalue weighted by atomic mass is 9.91. The molecule has 3 N–H and O–H groups in total. The van der Waals surface area contributed by atoms with Crippen LogP contribution in [0, 0.1) is 0 Å². The summed E-state index contributed by atoms with van der Waals surface area (Å²) in [7, 11) is 0. The largest absolute Gasteiger partial charge is 0.478 e. The molecule has 1 fully saturated rings. The van der Waals surface area contributed by atoms with Gasteiger partial charge in [0.15, 0.2) is 5.79 Å². The predicted octanol–water partition coefficient (Wildman–Crippen LogP) is 1.03. The summed E-state index contributed by atoms with van der Waals surface area (Å²) in [4.78, 5) is 11.0. The van der Waals surface area contributed by atoms with Gasteiger partial charge in [0.25, 0.3) is 0 Å². The van der Waals surface area contributed by atoms with Crippen LogP contribution in [0.5, 0.6) is 0 Å². The SMILES string of the molecule is CCC1(CC)O[C@H]2[C@H](N)CC(C(=O)O)=C[C@H]2O1. The van der Waals surface area contributed by atoms with E-state index in [-0.39, 0.29) is 18.2 Å². The zero-order valence-corrected chi connectivity index (χ0v) is 10.2. The summed E-state index contributed by atoms with van der Waals surface area (Å²) in [5.74, 6) is -1.52. The molecule has 1 heterocycles. The van der Waals surface area contributed by atoms with E-state index in [1.54, 1.807) is 6.08 Å². The summed E-state index contributed by atoms with van der Waals surface area (Å²) in [6, 6.07) is -0.309. The second kappa shape index (κ2) is 4.40. The molecule has 1 saturated heterocycles. The summed E-state index contributed by atoms with van der Waals surface area (Å²) >= 11 is 0.